The lowest BCUT2D eigenvalue weighted by Gasteiger charge is -2.34. The molecule has 2 heterocycles. The van der Waals surface area contributed by atoms with Crippen molar-refractivity contribution in [3.63, 3.8) is 0 Å². The molecule has 0 spiro atoms. The fraction of sp³-hybridized carbons (Fsp3) is 0.103. The number of hydrogen-bond acceptors (Lipinski definition) is 1. The molecule has 4 heteroatoms. The van der Waals surface area contributed by atoms with Crippen LogP contribution in [0.15, 0.2) is 121 Å². The van der Waals surface area contributed by atoms with E-state index in [1.807, 2.05) is 115 Å². The van der Waals surface area contributed by atoms with Crippen LogP contribution in [0.25, 0.3) is 5.57 Å². The molecule has 33 heavy (non-hydrogen) atoms. The van der Waals surface area contributed by atoms with Gasteiger partial charge >= 0.3 is 4.83 Å². The van der Waals surface area contributed by atoms with Crippen molar-refractivity contribution in [1.82, 2.24) is 0 Å². The van der Waals surface area contributed by atoms with Crippen molar-refractivity contribution in [2.24, 2.45) is 0 Å². The highest BCUT2D eigenvalue weighted by atomic mass is 79.9. The summed E-state index contributed by atoms with van der Waals surface area (Å²) in [6.07, 6.45) is 0. The van der Waals surface area contributed by atoms with E-state index in [4.69, 9.17) is 4.74 Å². The molecule has 0 N–H and O–H groups in total. The summed E-state index contributed by atoms with van der Waals surface area (Å²) in [5.41, 5.74) is 1.63. The Hall–Kier alpha value is -3.08. The molecule has 2 aliphatic rings. The van der Waals surface area contributed by atoms with E-state index in [1.165, 1.54) is 0 Å². The lowest BCUT2D eigenvalue weighted by molar-refractivity contribution is -0.0375. The Kier molecular flexibility index (Phi) is 4.48. The largest absolute Gasteiger partial charge is 0.340 e. The van der Waals surface area contributed by atoms with Crippen LogP contribution in [0.3, 0.4) is 0 Å². The van der Waals surface area contributed by atoms with Gasteiger partial charge in [-0.15, -0.1) is 0 Å². The number of fused-ring (bicyclic) bond motifs is 5. The maximum atomic E-state index is 15.7. The first-order valence-electron chi connectivity index (χ1n) is 10.8. The van der Waals surface area contributed by atoms with Gasteiger partial charge in [0.2, 0.25) is 0 Å². The van der Waals surface area contributed by atoms with Crippen molar-refractivity contribution in [1.29, 1.82) is 0 Å². The molecule has 0 aromatic heterocycles. The fourth-order valence-electron chi connectivity index (χ4n) is 5.52. The van der Waals surface area contributed by atoms with Crippen molar-refractivity contribution in [3.8, 4) is 0 Å². The smallest absolute Gasteiger partial charge is 0.326 e. The quantitative estimate of drug-likeness (QED) is 0.261. The Morgan fingerprint density at radius 3 is 1.52 bits per heavy atom. The summed E-state index contributed by atoms with van der Waals surface area (Å²) in [6.45, 7) is 0. The highest BCUT2D eigenvalue weighted by Crippen LogP contribution is 2.71. The summed E-state index contributed by atoms with van der Waals surface area (Å²) in [5.74, 6) is 0. The predicted molar refractivity (Wildman–Crippen MR) is 129 cm³/mol. The Morgan fingerprint density at radius 1 is 0.576 bits per heavy atom. The average molecular weight is 501 g/mol. The second-order valence-electron chi connectivity index (χ2n) is 8.36. The minimum atomic E-state index is -3.31. The first-order chi connectivity index (χ1) is 16.0. The molecule has 2 aliphatic heterocycles. The van der Waals surface area contributed by atoms with Crippen LogP contribution < -0.4 is 0 Å². The monoisotopic (exact) mass is 500 g/mol. The van der Waals surface area contributed by atoms with E-state index in [0.29, 0.717) is 16.7 Å². The molecule has 2 atom stereocenters. The van der Waals surface area contributed by atoms with Gasteiger partial charge in [0.1, 0.15) is 11.2 Å². The van der Waals surface area contributed by atoms with Gasteiger partial charge in [0.05, 0.1) is 5.57 Å². The van der Waals surface area contributed by atoms with E-state index in [-0.39, 0.29) is 5.57 Å². The standard InChI is InChI=1S/C29H19BrF2O/c30-29(31,32)26-25(20-12-4-1-5-13-20)27(21-14-6-2-7-15-21)23-18-10-11-19-24(23)28(26,33-27)22-16-8-3-9-17-22/h1-19H. The first-order valence-corrected chi connectivity index (χ1v) is 11.6. The summed E-state index contributed by atoms with van der Waals surface area (Å²) >= 11 is 2.75. The van der Waals surface area contributed by atoms with Crippen molar-refractivity contribution >= 4 is 21.5 Å². The number of ether oxygens (including phenoxy) is 1. The molecule has 0 radical (unpaired) electrons. The summed E-state index contributed by atoms with van der Waals surface area (Å²) in [7, 11) is 0. The van der Waals surface area contributed by atoms with E-state index in [1.54, 1.807) is 0 Å². The maximum Gasteiger partial charge on any atom is 0.326 e. The zero-order valence-electron chi connectivity index (χ0n) is 17.5. The van der Waals surface area contributed by atoms with Gasteiger partial charge in [-0.05, 0) is 43.7 Å². The van der Waals surface area contributed by atoms with E-state index in [9.17, 15) is 0 Å². The third-order valence-electron chi connectivity index (χ3n) is 6.65. The van der Waals surface area contributed by atoms with Crippen molar-refractivity contribution in [2.75, 3.05) is 0 Å². The lowest BCUT2D eigenvalue weighted by Crippen LogP contribution is -2.35. The normalized spacial score (nSPS) is 23.6. The SMILES string of the molecule is FC(F)(Br)C1=C(c2ccccc2)C2(c3ccccc3)OC1(c1ccccc1)c1ccccc12. The fourth-order valence-corrected chi connectivity index (χ4v) is 5.99. The third-order valence-corrected chi connectivity index (χ3v) is 7.05. The highest BCUT2D eigenvalue weighted by Gasteiger charge is 2.69. The summed E-state index contributed by atoms with van der Waals surface area (Å²) in [5, 5.41) is 0. The molecule has 162 valence electrons. The van der Waals surface area contributed by atoms with Gasteiger partial charge in [0, 0.05) is 5.57 Å². The van der Waals surface area contributed by atoms with Crippen LogP contribution in [0.4, 0.5) is 8.78 Å². The highest BCUT2D eigenvalue weighted by molar-refractivity contribution is 9.10. The van der Waals surface area contributed by atoms with Crippen molar-refractivity contribution in [2.45, 2.75) is 16.0 Å². The summed E-state index contributed by atoms with van der Waals surface area (Å²) in [6, 6.07) is 36.2. The number of hydrogen-bond donors (Lipinski definition) is 0. The summed E-state index contributed by atoms with van der Waals surface area (Å²) in [4.78, 5) is -3.31. The van der Waals surface area contributed by atoms with Gasteiger partial charge in [-0.25, -0.2) is 0 Å². The molecular formula is C29H19BrF2O. The van der Waals surface area contributed by atoms with Crippen molar-refractivity contribution in [3.05, 3.63) is 149 Å². The second-order valence-corrected chi connectivity index (χ2v) is 9.35. The van der Waals surface area contributed by atoms with E-state index in [0.717, 1.165) is 16.7 Å². The molecule has 0 fully saturated rings. The second kappa shape index (κ2) is 7.21. The number of halogens is 3. The molecule has 1 nitrogen and oxygen atoms in total. The molecule has 6 rings (SSSR count). The van der Waals surface area contributed by atoms with Crippen LogP contribution in [-0.4, -0.2) is 4.83 Å². The Morgan fingerprint density at radius 2 is 1.00 bits per heavy atom. The molecule has 0 aliphatic carbocycles. The zero-order valence-corrected chi connectivity index (χ0v) is 19.1. The van der Waals surface area contributed by atoms with Crippen LogP contribution in [0.1, 0.15) is 27.8 Å². The van der Waals surface area contributed by atoms with E-state index < -0.39 is 16.0 Å². The van der Waals surface area contributed by atoms with Gasteiger partial charge in [-0.3, -0.25) is 0 Å². The molecule has 2 bridgehead atoms. The Bertz CT molecular complexity index is 1360. The van der Waals surface area contributed by atoms with Crippen LogP contribution in [0, 0.1) is 0 Å². The number of alkyl halides is 3. The third kappa shape index (κ3) is 2.71. The number of benzene rings is 4. The van der Waals surface area contributed by atoms with Crippen LogP contribution >= 0.6 is 15.9 Å². The molecule has 0 saturated carbocycles. The minimum Gasteiger partial charge on any atom is -0.340 e. The summed E-state index contributed by atoms with van der Waals surface area (Å²) < 4.78 is 38.4. The first kappa shape index (κ1) is 20.5. The predicted octanol–water partition coefficient (Wildman–Crippen LogP) is 7.66. The minimum absolute atomic E-state index is 0.0741. The molecule has 0 amide bonds. The van der Waals surface area contributed by atoms with E-state index >= 15 is 8.78 Å². The maximum absolute atomic E-state index is 15.7. The lowest BCUT2D eigenvalue weighted by atomic mass is 9.66. The molecule has 2 unspecified atom stereocenters. The number of rotatable bonds is 4. The van der Waals surface area contributed by atoms with Gasteiger partial charge in [0.25, 0.3) is 0 Å². The van der Waals surface area contributed by atoms with Gasteiger partial charge < -0.3 is 4.74 Å². The van der Waals surface area contributed by atoms with E-state index in [2.05, 4.69) is 15.9 Å². The van der Waals surface area contributed by atoms with Gasteiger partial charge in [0.15, 0.2) is 0 Å². The Balaban J connectivity index is 1.84. The van der Waals surface area contributed by atoms with Crippen molar-refractivity contribution < 1.29 is 13.5 Å². The van der Waals surface area contributed by atoms with Crippen LogP contribution in [0.5, 0.6) is 0 Å². The topological polar surface area (TPSA) is 9.23 Å². The Labute approximate surface area is 199 Å². The van der Waals surface area contributed by atoms with Crippen LogP contribution in [0.2, 0.25) is 0 Å². The zero-order chi connectivity index (χ0) is 22.7. The van der Waals surface area contributed by atoms with Gasteiger partial charge in [-0.1, -0.05) is 115 Å². The van der Waals surface area contributed by atoms with Crippen LogP contribution in [-0.2, 0) is 15.9 Å². The molecule has 4 aromatic carbocycles. The van der Waals surface area contributed by atoms with Gasteiger partial charge in [-0.2, -0.15) is 8.78 Å². The average Bonchev–Trinajstić information content (AvgIpc) is 3.36. The molecule has 4 aromatic rings. The molecule has 0 saturated heterocycles. The molecular weight excluding hydrogens is 482 g/mol.